The number of ether oxygens (including phenoxy) is 5. The number of carbonyl (C=O) groups excluding carboxylic acids is 4. The number of ketones is 2. The van der Waals surface area contributed by atoms with Gasteiger partial charge in [-0.15, -0.1) is 0 Å². The Bertz CT molecular complexity index is 1480. The van der Waals surface area contributed by atoms with Crippen LogP contribution in [-0.4, -0.2) is 125 Å². The molecule has 330 valence electrons. The molecule has 0 radical (unpaired) electrons. The van der Waals surface area contributed by atoms with Gasteiger partial charge < -0.3 is 43.9 Å². The highest BCUT2D eigenvalue weighted by molar-refractivity contribution is 6.39. The lowest BCUT2D eigenvalue weighted by molar-refractivity contribution is -0.302. The van der Waals surface area contributed by atoms with E-state index in [0.29, 0.717) is 56.9 Å². The third-order valence-corrected chi connectivity index (χ3v) is 13.0. The summed E-state index contributed by atoms with van der Waals surface area (Å²) in [6.45, 7) is 15.1. The summed E-state index contributed by atoms with van der Waals surface area (Å²) in [6, 6.07) is -1.13. The van der Waals surface area contributed by atoms with E-state index in [-0.39, 0.29) is 55.6 Å². The number of hydrogen-bond donors (Lipinski definition) is 3. The molecule has 4 aliphatic rings. The van der Waals surface area contributed by atoms with Crippen LogP contribution < -0.4 is 0 Å². The van der Waals surface area contributed by atoms with Crippen molar-refractivity contribution in [2.45, 2.75) is 187 Å². The van der Waals surface area contributed by atoms with E-state index in [1.54, 1.807) is 13.8 Å². The fraction of sp³-hybridized carbons (Fsp3) is 0.822. The average molecular weight is 820 g/mol. The quantitative estimate of drug-likeness (QED) is 0.173. The molecule has 0 aromatic heterocycles. The van der Waals surface area contributed by atoms with Crippen LogP contribution >= 0.6 is 0 Å². The molecule has 58 heavy (non-hydrogen) atoms. The summed E-state index contributed by atoms with van der Waals surface area (Å²) < 4.78 is 30.3. The van der Waals surface area contributed by atoms with Gasteiger partial charge in [0.2, 0.25) is 5.79 Å². The van der Waals surface area contributed by atoms with Crippen molar-refractivity contribution < 1.29 is 58.2 Å². The second-order valence-corrected chi connectivity index (χ2v) is 18.1. The predicted molar refractivity (Wildman–Crippen MR) is 217 cm³/mol. The summed E-state index contributed by atoms with van der Waals surface area (Å²) in [6.07, 6.45) is 3.63. The second-order valence-electron chi connectivity index (χ2n) is 18.1. The Morgan fingerprint density at radius 2 is 1.62 bits per heavy atom. The molecule has 14 atom stereocenters. The predicted octanol–water partition coefficient (Wildman–Crippen LogP) is 5.25. The van der Waals surface area contributed by atoms with Gasteiger partial charge in [-0.1, -0.05) is 45.4 Å². The topological polar surface area (TPSA) is 178 Å². The maximum atomic E-state index is 14.4. The fourth-order valence-corrected chi connectivity index (χ4v) is 9.63. The van der Waals surface area contributed by atoms with Crippen molar-refractivity contribution in [2.24, 2.45) is 29.6 Å². The Morgan fingerprint density at radius 1 is 0.948 bits per heavy atom. The van der Waals surface area contributed by atoms with Gasteiger partial charge in [-0.2, -0.15) is 0 Å². The maximum absolute atomic E-state index is 14.4. The van der Waals surface area contributed by atoms with E-state index in [1.807, 2.05) is 46.8 Å². The molecule has 3 N–H and O–H groups in total. The van der Waals surface area contributed by atoms with Gasteiger partial charge >= 0.3 is 5.97 Å². The highest BCUT2D eigenvalue weighted by Crippen LogP contribution is 2.39. The van der Waals surface area contributed by atoms with Crippen molar-refractivity contribution in [3.63, 3.8) is 0 Å². The van der Waals surface area contributed by atoms with Gasteiger partial charge in [-0.3, -0.25) is 14.4 Å². The van der Waals surface area contributed by atoms with Crippen LogP contribution in [0.4, 0.5) is 0 Å². The van der Waals surface area contributed by atoms with Crippen LogP contribution in [0.15, 0.2) is 23.3 Å². The number of cyclic esters (lactones) is 1. The molecule has 0 aromatic carbocycles. The summed E-state index contributed by atoms with van der Waals surface area (Å²) in [5.74, 6) is -7.52. The van der Waals surface area contributed by atoms with Crippen LogP contribution in [0, 0.1) is 29.6 Å². The molecule has 3 heterocycles. The van der Waals surface area contributed by atoms with Crippen molar-refractivity contribution in [3.8, 4) is 0 Å². The normalized spacial score (nSPS) is 40.7. The van der Waals surface area contributed by atoms with E-state index in [4.69, 9.17) is 23.7 Å². The van der Waals surface area contributed by atoms with Crippen molar-refractivity contribution in [3.05, 3.63) is 23.3 Å². The minimum Gasteiger partial charge on any atom is -0.456 e. The summed E-state index contributed by atoms with van der Waals surface area (Å²) in [5, 5.41) is 34.4. The number of nitrogens with zero attached hydrogens (tertiary/aromatic N) is 1. The van der Waals surface area contributed by atoms with E-state index < -0.39 is 83.9 Å². The van der Waals surface area contributed by atoms with Gasteiger partial charge in [0, 0.05) is 44.9 Å². The van der Waals surface area contributed by atoms with Gasteiger partial charge in [-0.05, 0) is 109 Å². The minimum absolute atomic E-state index is 0.00946. The molecule has 1 saturated carbocycles. The first-order valence-electron chi connectivity index (χ1n) is 21.8. The largest absolute Gasteiger partial charge is 0.456 e. The summed E-state index contributed by atoms with van der Waals surface area (Å²) >= 11 is 0. The van der Waals surface area contributed by atoms with E-state index >= 15 is 0 Å². The Morgan fingerprint density at radius 3 is 2.26 bits per heavy atom. The molecule has 13 nitrogen and oxygen atoms in total. The van der Waals surface area contributed by atoms with Gasteiger partial charge in [0.25, 0.3) is 11.7 Å². The van der Waals surface area contributed by atoms with Gasteiger partial charge in [0.1, 0.15) is 24.0 Å². The van der Waals surface area contributed by atoms with Crippen LogP contribution in [-0.2, 0) is 42.9 Å². The second kappa shape index (κ2) is 21.3. The zero-order valence-corrected chi connectivity index (χ0v) is 36.7. The fourth-order valence-electron chi connectivity index (χ4n) is 9.63. The number of methoxy groups -OCH3 is 2. The molecule has 2 saturated heterocycles. The molecule has 13 heteroatoms. The molecule has 0 spiro atoms. The Hall–Kier alpha value is -2.52. The van der Waals surface area contributed by atoms with Gasteiger partial charge in [0.05, 0.1) is 36.6 Å². The molecule has 2 bridgehead atoms. The zero-order valence-electron chi connectivity index (χ0n) is 36.7. The van der Waals surface area contributed by atoms with Gasteiger partial charge in [0.15, 0.2) is 0 Å². The van der Waals surface area contributed by atoms with E-state index in [0.717, 1.165) is 5.57 Å². The molecule has 4 rings (SSSR count). The standard InChI is InChI=1S/C45H73NO12/c1-11-32-19-26(4)18-27(5)20-38(54-9)41-39(55-10)22-29(7)45(53,58-41)42(50)43(51)46-17-13-12-14-33(46)44(52)57-40(30(8)35(48)24-36(32)49)28(6)21-31-15-16-34(47)37(23-31)56-25(2)3/h19,21,25,27,29-35,37-41,47-48,53H,11-18,20,22-24H2,1-10H3/b26-19+,28-21+/t27-,29-,30+,31-,32+,33-,34+,35-,37+,38-,39-,40+,41+,45?/m0/s1. The van der Waals surface area contributed by atoms with E-state index in [9.17, 15) is 34.5 Å². The number of amides is 1. The number of aliphatic hydroxyl groups is 3. The number of esters is 1. The molecule has 3 aliphatic heterocycles. The van der Waals surface area contributed by atoms with Crippen molar-refractivity contribution in [1.29, 1.82) is 0 Å². The number of piperidine rings is 1. The number of hydrogen-bond acceptors (Lipinski definition) is 12. The zero-order chi connectivity index (χ0) is 43.1. The highest BCUT2D eigenvalue weighted by Gasteiger charge is 2.56. The molecule has 3 fully saturated rings. The van der Waals surface area contributed by atoms with Crippen molar-refractivity contribution in [1.82, 2.24) is 4.90 Å². The Kier molecular flexibility index (Phi) is 17.7. The van der Waals surface area contributed by atoms with Gasteiger partial charge in [-0.25, -0.2) is 4.79 Å². The number of aliphatic hydroxyl groups excluding tert-OH is 2. The van der Waals surface area contributed by atoms with Crippen LogP contribution in [0.25, 0.3) is 0 Å². The Labute approximate surface area is 346 Å². The van der Waals surface area contributed by atoms with Crippen LogP contribution in [0.1, 0.15) is 126 Å². The first kappa shape index (κ1) is 48.1. The molecule has 0 aromatic rings. The lowest BCUT2D eigenvalue weighted by atomic mass is 9.81. The lowest BCUT2D eigenvalue weighted by Crippen LogP contribution is -2.64. The van der Waals surface area contributed by atoms with E-state index in [1.165, 1.54) is 19.1 Å². The third kappa shape index (κ3) is 11.6. The average Bonchev–Trinajstić information content (AvgIpc) is 3.18. The molecule has 1 aliphatic carbocycles. The van der Waals surface area contributed by atoms with Crippen molar-refractivity contribution >= 4 is 23.4 Å². The first-order chi connectivity index (χ1) is 27.3. The van der Waals surface area contributed by atoms with Crippen molar-refractivity contribution in [2.75, 3.05) is 20.8 Å². The number of rotatable bonds is 7. The summed E-state index contributed by atoms with van der Waals surface area (Å²) in [5.41, 5.74) is 1.66. The summed E-state index contributed by atoms with van der Waals surface area (Å²) in [7, 11) is 3.07. The monoisotopic (exact) mass is 820 g/mol. The SMILES string of the molecule is CC[C@@H]1/C=C(\C)C[C@H](C)C[C@H](OC)[C@H]2OC(O)(C(=O)C(=O)N3CCCC[C@H]3C(=O)O[C@H](/C(C)=C/[C@@H]3CC[C@@H](O)[C@H](OC(C)C)C3)[C@H](C)[C@@H](O)CC1=O)[C@@H](C)C[C@@H]2OC. The lowest BCUT2D eigenvalue weighted by Gasteiger charge is -2.47. The third-order valence-electron chi connectivity index (χ3n) is 13.0. The number of Topliss-reactive ketones (excluding diaryl/α,β-unsaturated/α-hetero) is 2. The smallest absolute Gasteiger partial charge is 0.329 e. The van der Waals surface area contributed by atoms with Crippen LogP contribution in [0.2, 0.25) is 0 Å². The van der Waals surface area contributed by atoms with Crippen LogP contribution in [0.5, 0.6) is 0 Å². The minimum atomic E-state index is -2.50. The molecule has 1 amide bonds. The number of allylic oxidation sites excluding steroid dienone is 3. The summed E-state index contributed by atoms with van der Waals surface area (Å²) in [4.78, 5) is 57.9. The molecular weight excluding hydrogens is 746 g/mol. The number of carbonyl (C=O) groups is 4. The molecule has 1 unspecified atom stereocenters. The van der Waals surface area contributed by atoms with E-state index in [2.05, 4.69) is 6.92 Å². The highest BCUT2D eigenvalue weighted by atomic mass is 16.7. The maximum Gasteiger partial charge on any atom is 0.329 e. The van der Waals surface area contributed by atoms with Crippen LogP contribution in [0.3, 0.4) is 0 Å². The molecular formula is C45H73NO12. The Balaban J connectivity index is 1.76. The number of fused-ring (bicyclic) bond motifs is 3. The first-order valence-corrected chi connectivity index (χ1v) is 21.8.